The Bertz CT molecular complexity index is 1360. The van der Waals surface area contributed by atoms with E-state index in [9.17, 15) is 40.7 Å². The standard InChI is InChI=1S/C32H38F6N4O4S/c1-47-13-7-12-40-19-27-41(30(45)46-20-22-15-24(31(33,34)35)17-25(16-22)32(36,37)38)18-23(14-21-8-3-2-4-9-21)28(43)42(27)26(29(40)44)10-5-6-11-39/h2-4,8-9,15-17,23,26-27H,5-7,10-14,18-20,39H2,1H3/t23-,26+,27-/m1/s1. The minimum absolute atomic E-state index is 0.00308. The maximum Gasteiger partial charge on any atom is 0.416 e. The summed E-state index contributed by atoms with van der Waals surface area (Å²) in [7, 11) is 0. The van der Waals surface area contributed by atoms with E-state index in [0.717, 1.165) is 11.3 Å². The number of rotatable bonds is 12. The van der Waals surface area contributed by atoms with Crippen molar-refractivity contribution in [2.75, 3.05) is 38.2 Å². The monoisotopic (exact) mass is 688 g/mol. The summed E-state index contributed by atoms with van der Waals surface area (Å²) in [4.78, 5) is 45.9. The van der Waals surface area contributed by atoms with Crippen LogP contribution in [0.25, 0.3) is 0 Å². The maximum atomic E-state index is 14.1. The Kier molecular flexibility index (Phi) is 12.1. The molecule has 2 aromatic rings. The predicted octanol–water partition coefficient (Wildman–Crippen LogP) is 5.78. The summed E-state index contributed by atoms with van der Waals surface area (Å²) in [6, 6.07) is 9.19. The number of halogens is 6. The molecule has 2 heterocycles. The molecule has 2 aromatic carbocycles. The zero-order valence-corrected chi connectivity index (χ0v) is 26.7. The number of fused-ring (bicyclic) bond motifs is 1. The molecule has 0 aromatic heterocycles. The molecule has 4 rings (SSSR count). The van der Waals surface area contributed by atoms with Crippen molar-refractivity contribution in [3.05, 3.63) is 70.8 Å². The number of ether oxygens (including phenoxy) is 1. The largest absolute Gasteiger partial charge is 0.444 e. The van der Waals surface area contributed by atoms with Gasteiger partial charge in [0.25, 0.3) is 0 Å². The molecule has 258 valence electrons. The lowest BCUT2D eigenvalue weighted by molar-refractivity contribution is -0.173. The van der Waals surface area contributed by atoms with Crippen LogP contribution < -0.4 is 5.73 Å². The first-order chi connectivity index (χ1) is 22.2. The summed E-state index contributed by atoms with van der Waals surface area (Å²) in [6.45, 7) is -0.237. The Morgan fingerprint density at radius 3 is 2.17 bits per heavy atom. The highest BCUT2D eigenvalue weighted by atomic mass is 32.2. The molecule has 0 bridgehead atoms. The summed E-state index contributed by atoms with van der Waals surface area (Å²) >= 11 is 1.61. The number of carbonyl (C=O) groups is 3. The summed E-state index contributed by atoms with van der Waals surface area (Å²) in [5, 5.41) is 0. The number of unbranched alkanes of at least 4 members (excludes halogenated alkanes) is 1. The van der Waals surface area contributed by atoms with Gasteiger partial charge in [-0.2, -0.15) is 38.1 Å². The van der Waals surface area contributed by atoms with E-state index in [1.54, 1.807) is 28.8 Å². The van der Waals surface area contributed by atoms with Gasteiger partial charge in [0.05, 0.1) is 23.6 Å². The number of thioether (sulfide) groups is 1. The Labute approximate surface area is 273 Å². The molecule has 2 fully saturated rings. The van der Waals surface area contributed by atoms with Gasteiger partial charge in [-0.05, 0) is 80.0 Å². The third kappa shape index (κ3) is 9.12. The van der Waals surface area contributed by atoms with E-state index in [1.165, 1.54) is 9.80 Å². The van der Waals surface area contributed by atoms with E-state index in [1.807, 2.05) is 24.5 Å². The van der Waals surface area contributed by atoms with Gasteiger partial charge >= 0.3 is 18.4 Å². The molecule has 0 aliphatic carbocycles. The lowest BCUT2D eigenvalue weighted by Gasteiger charge is -2.53. The molecular formula is C32H38F6N4O4S. The SMILES string of the molecule is CSCCCN1C[C@@H]2N(C(=O)OCc3cc(C(F)(F)F)cc(C(F)(F)F)c3)C[C@@H](Cc3ccccc3)C(=O)N2[C@@H](CCCCN)C1=O. The van der Waals surface area contributed by atoms with Crippen LogP contribution in [0.5, 0.6) is 0 Å². The van der Waals surface area contributed by atoms with E-state index in [-0.39, 0.29) is 37.4 Å². The van der Waals surface area contributed by atoms with Gasteiger partial charge in [-0.1, -0.05) is 30.3 Å². The summed E-state index contributed by atoms with van der Waals surface area (Å²) in [5.74, 6) is -0.563. The molecule has 8 nitrogen and oxygen atoms in total. The van der Waals surface area contributed by atoms with Gasteiger partial charge in [0.15, 0.2) is 0 Å². The molecule has 2 saturated heterocycles. The number of alkyl halides is 6. The predicted molar refractivity (Wildman–Crippen MR) is 164 cm³/mol. The first kappa shape index (κ1) is 36.4. The number of benzene rings is 2. The summed E-state index contributed by atoms with van der Waals surface area (Å²) < 4.78 is 86.0. The van der Waals surface area contributed by atoms with Crippen LogP contribution in [0, 0.1) is 5.92 Å². The molecule has 2 aliphatic rings. The van der Waals surface area contributed by atoms with Gasteiger partial charge in [0.1, 0.15) is 18.8 Å². The molecule has 0 saturated carbocycles. The van der Waals surface area contributed by atoms with Gasteiger partial charge in [0.2, 0.25) is 11.8 Å². The first-order valence-corrected chi connectivity index (χ1v) is 16.7. The van der Waals surface area contributed by atoms with Crippen molar-refractivity contribution in [3.8, 4) is 0 Å². The fourth-order valence-electron chi connectivity index (χ4n) is 6.03. The fraction of sp³-hybridized carbons (Fsp3) is 0.531. The van der Waals surface area contributed by atoms with Crippen LogP contribution in [0.3, 0.4) is 0 Å². The zero-order valence-electron chi connectivity index (χ0n) is 25.9. The molecular weight excluding hydrogens is 650 g/mol. The van der Waals surface area contributed by atoms with Crippen molar-refractivity contribution in [1.82, 2.24) is 14.7 Å². The number of piperazine rings is 1. The summed E-state index contributed by atoms with van der Waals surface area (Å²) in [6.07, 6.45) is -7.79. The molecule has 0 spiro atoms. The van der Waals surface area contributed by atoms with E-state index < -0.39 is 59.9 Å². The van der Waals surface area contributed by atoms with Gasteiger partial charge in [0, 0.05) is 13.1 Å². The Hall–Kier alpha value is -3.46. The quantitative estimate of drug-likeness (QED) is 0.225. The molecule has 0 unspecified atom stereocenters. The van der Waals surface area contributed by atoms with Crippen molar-refractivity contribution < 1.29 is 45.5 Å². The second kappa shape index (κ2) is 15.6. The number of hydrogen-bond acceptors (Lipinski definition) is 6. The third-order valence-corrected chi connectivity index (χ3v) is 8.99. The van der Waals surface area contributed by atoms with Crippen molar-refractivity contribution in [3.63, 3.8) is 0 Å². The van der Waals surface area contributed by atoms with E-state index >= 15 is 0 Å². The van der Waals surface area contributed by atoms with Crippen LogP contribution in [0.15, 0.2) is 48.5 Å². The molecule has 3 amide bonds. The first-order valence-electron chi connectivity index (χ1n) is 15.3. The molecule has 2 aliphatic heterocycles. The second-order valence-electron chi connectivity index (χ2n) is 11.7. The average Bonchev–Trinajstić information content (AvgIpc) is 3.02. The average molecular weight is 689 g/mol. The third-order valence-electron chi connectivity index (χ3n) is 8.30. The topological polar surface area (TPSA) is 96.2 Å². The Balaban J connectivity index is 1.66. The van der Waals surface area contributed by atoms with E-state index in [0.29, 0.717) is 50.9 Å². The van der Waals surface area contributed by atoms with Crippen molar-refractivity contribution in [2.45, 2.75) is 63.3 Å². The van der Waals surface area contributed by atoms with Gasteiger partial charge in [-0.25, -0.2) is 4.79 Å². The smallest absolute Gasteiger partial charge is 0.416 e. The Morgan fingerprint density at radius 1 is 0.915 bits per heavy atom. The number of nitrogens with zero attached hydrogens (tertiary/aromatic N) is 3. The molecule has 15 heteroatoms. The molecule has 0 radical (unpaired) electrons. The number of amides is 3. The molecule has 3 atom stereocenters. The maximum absolute atomic E-state index is 14.1. The van der Waals surface area contributed by atoms with E-state index in [2.05, 4.69) is 0 Å². The van der Waals surface area contributed by atoms with Crippen LogP contribution in [0.2, 0.25) is 0 Å². The number of hydrogen-bond donors (Lipinski definition) is 1. The lowest BCUT2D eigenvalue weighted by atomic mass is 9.90. The van der Waals surface area contributed by atoms with Crippen molar-refractivity contribution in [2.24, 2.45) is 11.7 Å². The van der Waals surface area contributed by atoms with Crippen molar-refractivity contribution in [1.29, 1.82) is 0 Å². The molecule has 47 heavy (non-hydrogen) atoms. The number of carbonyl (C=O) groups excluding carboxylic acids is 3. The van der Waals surface area contributed by atoms with Gasteiger partial charge in [-0.15, -0.1) is 0 Å². The minimum atomic E-state index is -5.06. The van der Waals surface area contributed by atoms with Crippen LogP contribution >= 0.6 is 11.8 Å². The normalized spacial score (nSPS) is 20.4. The van der Waals surface area contributed by atoms with Crippen molar-refractivity contribution >= 4 is 29.7 Å². The van der Waals surface area contributed by atoms with Crippen LogP contribution in [-0.4, -0.2) is 83.0 Å². The molecule has 2 N–H and O–H groups in total. The highest BCUT2D eigenvalue weighted by Gasteiger charge is 2.51. The fourth-order valence-corrected chi connectivity index (χ4v) is 6.45. The van der Waals surface area contributed by atoms with Gasteiger partial charge in [-0.3, -0.25) is 14.5 Å². The zero-order chi connectivity index (χ0) is 34.4. The summed E-state index contributed by atoms with van der Waals surface area (Å²) in [5.41, 5.74) is 2.95. The van der Waals surface area contributed by atoms with Crippen LogP contribution in [0.4, 0.5) is 31.1 Å². The van der Waals surface area contributed by atoms with Crippen LogP contribution in [0.1, 0.15) is 47.9 Å². The second-order valence-corrected chi connectivity index (χ2v) is 12.7. The highest BCUT2D eigenvalue weighted by molar-refractivity contribution is 7.98. The highest BCUT2D eigenvalue weighted by Crippen LogP contribution is 2.37. The van der Waals surface area contributed by atoms with Crippen LogP contribution in [-0.2, 0) is 39.7 Å². The lowest BCUT2D eigenvalue weighted by Crippen LogP contribution is -2.73. The van der Waals surface area contributed by atoms with Gasteiger partial charge < -0.3 is 20.3 Å². The minimum Gasteiger partial charge on any atom is -0.444 e. The van der Waals surface area contributed by atoms with E-state index in [4.69, 9.17) is 10.5 Å². The Morgan fingerprint density at radius 2 is 1.57 bits per heavy atom. The number of nitrogens with two attached hydrogens (primary N) is 1.